The third-order valence-electron chi connectivity index (χ3n) is 23.3. The molecule has 32 nitrogen and oxygen atoms in total. The van der Waals surface area contributed by atoms with Crippen molar-refractivity contribution in [2.45, 2.75) is 142 Å². The molecule has 1 unspecified atom stereocenters. The highest BCUT2D eigenvalue weighted by Crippen LogP contribution is 2.50. The van der Waals surface area contributed by atoms with Crippen molar-refractivity contribution in [3.05, 3.63) is 170 Å². The summed E-state index contributed by atoms with van der Waals surface area (Å²) < 4.78 is 160. The zero-order chi connectivity index (χ0) is 89.7. The standard InChI is InChI=1S/C17H19F2NO2.C15H17F2NO2.C15H19F2NO2.C9H12FNO2.C7H9NO3.C6H6FNO3.C6H9NO4.C6H7NO4.C4H4O2/c1-3-6-14-16-15(9-21-14)22-11(2)20-17(16,10-18)12-7-4-5-8-13(12)19;1-2-5-12-14-13(8-19-12)20-18-15(14,9-16)10-6-3-4-7-11(10)17;1-2-5-13-14(12(19)8-20-13)15(18,9-16)10-6-3-4-7-11(10)17;1-2-3-7-9-6(4-10)11-13-8(9)5-12-7;1-2-4-6-5(11-8-4)3-10-7(6)9;7-1-3-5-4(11-8-3)2-10-6(5)9;2*8-1-3-5-4(11-7-3)2-10-6(5)9;5-4-2-1-3-6-4/h3-5,7-8,14-16H,1,6,9-10H2,2H3;2-4,6-7,12-14,18H,1,5,8-9H2;2-4,6-7,12-14,19H,1,5,8-9,18H2;2,7-9H,1,3-5H2;5-6H,2-3H2,1H3;4-5H,1-2H2;4-6,8-9H,1-2H2;4-5,8H,1-2H2;1-2H,3H2/t14-,15+,16-,17+;12-,13+,14-,15+;12-,13+,14-,15-;7-,8+,9-;5-,6-;4-,5-;4-,5-,6?;4-,5-;/m00101111./s1. The van der Waals surface area contributed by atoms with Gasteiger partial charge in [0, 0.05) is 41.5 Å². The number of halogens is 8. The second-order valence-electron chi connectivity index (χ2n) is 30.8. The van der Waals surface area contributed by atoms with Crippen LogP contribution in [-0.2, 0) is 112 Å². The van der Waals surface area contributed by atoms with Crippen molar-refractivity contribution in [2.75, 3.05) is 106 Å². The molecule has 682 valence electrons. The van der Waals surface area contributed by atoms with E-state index in [-0.39, 0.29) is 164 Å². The Labute approximate surface area is 713 Å². The molecule has 0 saturated carbocycles. The molecular weight excluding hydrogens is 1670 g/mol. The number of nitrogens with one attached hydrogen (secondary N) is 1. The average molecular weight is 1770 g/mol. The largest absolute Gasteiger partial charge is 0.475 e. The van der Waals surface area contributed by atoms with Gasteiger partial charge in [-0.25, -0.2) is 44.9 Å². The van der Waals surface area contributed by atoms with Crippen LogP contribution in [-0.4, -0.2) is 264 Å². The van der Waals surface area contributed by atoms with E-state index in [2.05, 4.69) is 72.0 Å². The zero-order valence-electron chi connectivity index (χ0n) is 68.4. The number of rotatable bonds is 20. The molecule has 0 aliphatic carbocycles. The topological polar surface area (TPSA) is 409 Å². The fourth-order valence-corrected chi connectivity index (χ4v) is 17.3. The van der Waals surface area contributed by atoms with Crippen LogP contribution in [0, 0.1) is 64.8 Å². The first-order valence-electron chi connectivity index (χ1n) is 40.5. The number of aliphatic imine (C=N–C) groups is 1. The van der Waals surface area contributed by atoms with Crippen LogP contribution >= 0.6 is 0 Å². The molecule has 16 aliphatic rings. The number of hydrogen-bond donors (Lipinski definition) is 6. The highest BCUT2D eigenvalue weighted by atomic mass is 19.2. The smallest absolute Gasteiger partial charge is 0.330 e. The lowest BCUT2D eigenvalue weighted by Crippen LogP contribution is -2.53. The van der Waals surface area contributed by atoms with Gasteiger partial charge in [-0.05, 0) is 56.4 Å². The monoisotopic (exact) mass is 1770 g/mol. The molecular formula is C85H102F8N8O24. The molecule has 0 radical (unpaired) electrons. The van der Waals surface area contributed by atoms with Gasteiger partial charge < -0.3 is 97.7 Å². The lowest BCUT2D eigenvalue weighted by atomic mass is 9.73. The fraction of sp³-hybridized carbons (Fsp3) is 0.553. The number of carbonyl (C=O) groups excluding carboxylic acids is 4. The van der Waals surface area contributed by atoms with Crippen LogP contribution in [0.5, 0.6) is 0 Å². The summed E-state index contributed by atoms with van der Waals surface area (Å²) >= 11 is 0. The normalized spacial score (nSPS) is 33.8. The summed E-state index contributed by atoms with van der Waals surface area (Å²) in [7, 11) is 0. The van der Waals surface area contributed by atoms with Crippen LogP contribution in [0.4, 0.5) is 35.1 Å². The molecule has 24 atom stereocenters. The van der Waals surface area contributed by atoms with Gasteiger partial charge in [0.1, 0.15) is 130 Å². The Morgan fingerprint density at radius 2 is 0.992 bits per heavy atom. The third-order valence-corrected chi connectivity index (χ3v) is 23.3. The molecule has 9 saturated heterocycles. The minimum Gasteiger partial charge on any atom is -0.475 e. The quantitative estimate of drug-likeness (QED) is 0.0287. The maximum atomic E-state index is 14.4. The molecule has 7 N–H and O–H groups in total. The molecule has 0 aromatic heterocycles. The minimum absolute atomic E-state index is 0.000463. The summed E-state index contributed by atoms with van der Waals surface area (Å²) in [5, 5.41) is 54.9. The zero-order valence-corrected chi connectivity index (χ0v) is 68.4. The number of hydrogen-bond acceptors (Lipinski definition) is 32. The Morgan fingerprint density at radius 1 is 0.520 bits per heavy atom. The van der Waals surface area contributed by atoms with E-state index in [0.29, 0.717) is 81.9 Å². The molecule has 125 heavy (non-hydrogen) atoms. The van der Waals surface area contributed by atoms with Gasteiger partial charge in [0.2, 0.25) is 0 Å². The molecule has 0 amide bonds. The van der Waals surface area contributed by atoms with Crippen molar-refractivity contribution < 1.29 is 151 Å². The van der Waals surface area contributed by atoms with Crippen LogP contribution in [0.15, 0.2) is 166 Å². The van der Waals surface area contributed by atoms with E-state index in [4.69, 9.17) is 82.9 Å². The summed E-state index contributed by atoms with van der Waals surface area (Å²) in [6, 6.07) is 18.2. The summed E-state index contributed by atoms with van der Waals surface area (Å²) in [5.74, 6) is -5.18. The van der Waals surface area contributed by atoms with Gasteiger partial charge in [0.15, 0.2) is 42.7 Å². The van der Waals surface area contributed by atoms with Crippen LogP contribution in [0.2, 0.25) is 0 Å². The summed E-state index contributed by atoms with van der Waals surface area (Å²) in [4.78, 5) is 77.2. The number of fused-ring (bicyclic) bond motifs is 7. The fourth-order valence-electron chi connectivity index (χ4n) is 17.3. The van der Waals surface area contributed by atoms with E-state index < -0.39 is 110 Å². The maximum absolute atomic E-state index is 14.4. The van der Waals surface area contributed by atoms with Gasteiger partial charge in [-0.3, -0.25) is 19.2 Å². The number of benzene rings is 3. The highest BCUT2D eigenvalue weighted by Gasteiger charge is 2.61. The number of nitrogens with two attached hydrogens (primary N) is 1. The average Bonchev–Trinajstić information content (AvgIpc) is 1.60. The first kappa shape index (κ1) is 95.7. The number of esters is 4. The van der Waals surface area contributed by atoms with E-state index >= 15 is 0 Å². The maximum Gasteiger partial charge on any atom is 0.330 e. The van der Waals surface area contributed by atoms with Gasteiger partial charge in [-0.2, -0.15) is 5.48 Å². The predicted octanol–water partition coefficient (Wildman–Crippen LogP) is 7.00. The molecule has 40 heteroatoms. The van der Waals surface area contributed by atoms with Gasteiger partial charge in [0.25, 0.3) is 0 Å². The number of ether oxygens (including phenoxy) is 10. The van der Waals surface area contributed by atoms with E-state index in [1.54, 1.807) is 79.8 Å². The molecule has 3 aromatic carbocycles. The predicted molar refractivity (Wildman–Crippen MR) is 427 cm³/mol. The molecule has 9 fully saturated rings. The number of oxime groups is 5. The summed E-state index contributed by atoms with van der Waals surface area (Å²) in [5.41, 5.74) is 7.67. The van der Waals surface area contributed by atoms with Gasteiger partial charge >= 0.3 is 23.9 Å². The molecule has 0 spiro atoms. The first-order chi connectivity index (χ1) is 60.4. The molecule has 16 heterocycles. The molecule has 16 aliphatic heterocycles. The van der Waals surface area contributed by atoms with Crippen LogP contribution in [0.3, 0.4) is 0 Å². The Kier molecular flexibility index (Phi) is 34.0. The number of hydroxylamine groups is 1. The van der Waals surface area contributed by atoms with Crippen molar-refractivity contribution in [2.24, 2.45) is 83.8 Å². The summed E-state index contributed by atoms with van der Waals surface area (Å²) in [6.07, 6.45) is 8.55. The Balaban J connectivity index is 0.000000139. The van der Waals surface area contributed by atoms with Crippen molar-refractivity contribution in [3.63, 3.8) is 0 Å². The first-order valence-corrected chi connectivity index (χ1v) is 40.5. The van der Waals surface area contributed by atoms with E-state index in [1.807, 2.05) is 6.92 Å². The summed E-state index contributed by atoms with van der Waals surface area (Å²) in [6.45, 7) is 17.0. The Hall–Kier alpha value is -9.98. The van der Waals surface area contributed by atoms with Crippen molar-refractivity contribution in [3.8, 4) is 0 Å². The van der Waals surface area contributed by atoms with Crippen LogP contribution < -0.4 is 11.2 Å². The van der Waals surface area contributed by atoms with Gasteiger partial charge in [0.05, 0.1) is 117 Å². The number of aliphatic hydroxyl groups excluding tert-OH is 4. The highest BCUT2D eigenvalue weighted by molar-refractivity contribution is 6.06. The van der Waals surface area contributed by atoms with Crippen molar-refractivity contribution in [1.82, 2.24) is 5.48 Å². The second-order valence-corrected chi connectivity index (χ2v) is 30.8. The van der Waals surface area contributed by atoms with Crippen molar-refractivity contribution in [1.29, 1.82) is 0 Å². The number of aliphatic hydroxyl groups is 4. The van der Waals surface area contributed by atoms with E-state index in [1.165, 1.54) is 36.4 Å². The molecule has 0 bridgehead atoms. The lowest BCUT2D eigenvalue weighted by molar-refractivity contribution is -0.140. The lowest BCUT2D eigenvalue weighted by Gasteiger charge is -2.42. The van der Waals surface area contributed by atoms with E-state index in [0.717, 1.165) is 18.6 Å². The number of alkyl halides is 5. The number of cyclic esters (lactones) is 4. The Morgan fingerprint density at radius 3 is 1.52 bits per heavy atom. The van der Waals surface area contributed by atoms with Gasteiger partial charge in [-0.15, -0.1) is 26.3 Å². The SMILES string of the molecule is C=CC[C@@H]1OC[C@@H](O)[C@H]1[C@@](N)(CF)c1ccccc1F.C=CC[C@@H]1OC[C@H]2OC(C)=N[C@](CF)(c3ccccc3F)[C@@H]12.C=CC[C@@H]1OC[C@H]2ON=C(CF)[C@@H]12.C=CC[C@@H]1OC[C@H]2ON[C@](CF)(c3ccccc3F)[C@@H]12.CCC1=NO[C@@H]2COC(=O)[C@H]12.O=C1C=CCO1.O=C1OC[C@H]2ON=C(CF)[C@@H]12.O=C1OC[C@H]2ON=C(CO)[C@@H]12.OCC1=NO[C@@H]2COC(O)[C@H]12. The third kappa shape index (κ3) is 21.0. The molecule has 3 aromatic rings. The number of carbonyl (C=O) groups is 4. The van der Waals surface area contributed by atoms with Crippen LogP contribution in [0.1, 0.15) is 62.6 Å². The molecule has 19 rings (SSSR count). The second kappa shape index (κ2) is 44.4. The van der Waals surface area contributed by atoms with E-state index in [9.17, 15) is 64.5 Å². The van der Waals surface area contributed by atoms with Gasteiger partial charge in [-0.1, -0.05) is 112 Å². The van der Waals surface area contributed by atoms with Crippen LogP contribution in [0.25, 0.3) is 0 Å². The minimum atomic E-state index is -1.62. The van der Waals surface area contributed by atoms with Crippen molar-refractivity contribution >= 4 is 58.3 Å². The number of nitrogens with zero attached hydrogens (tertiary/aromatic N) is 6. The Bertz CT molecular complexity index is 4350.